The molecule has 0 bridgehead atoms. The molecule has 2 aromatic rings. The monoisotopic (exact) mass is 293 g/mol. The number of anilines is 2. The molecule has 3 rings (SSSR count). The van der Waals surface area contributed by atoms with Gasteiger partial charge in [0.2, 0.25) is 0 Å². The Bertz CT molecular complexity index is 667. The Hall–Kier alpha value is -2.24. The predicted molar refractivity (Wildman–Crippen MR) is 75.0 cm³/mol. The number of halogens is 3. The molecule has 110 valence electrons. The second kappa shape index (κ2) is 4.95. The lowest BCUT2D eigenvalue weighted by Crippen LogP contribution is -2.24. The molecule has 0 saturated heterocycles. The smallest absolute Gasteiger partial charge is 0.384 e. The van der Waals surface area contributed by atoms with Gasteiger partial charge in [-0.05, 0) is 29.7 Å². The Kier molecular flexibility index (Phi) is 3.23. The van der Waals surface area contributed by atoms with Gasteiger partial charge in [-0.1, -0.05) is 24.3 Å². The molecule has 0 aliphatic heterocycles. The number of pyridine rings is 1. The van der Waals surface area contributed by atoms with Gasteiger partial charge in [0.25, 0.3) is 0 Å². The molecule has 1 aromatic carbocycles. The van der Waals surface area contributed by atoms with Gasteiger partial charge in [-0.15, -0.1) is 0 Å². The zero-order chi connectivity index (χ0) is 15.0. The summed E-state index contributed by atoms with van der Waals surface area (Å²) in [6.07, 6.45) is -3.49. The number of nitrogens with one attached hydrogen (secondary N) is 1. The number of nitrogens with two attached hydrogens (primary N) is 1. The van der Waals surface area contributed by atoms with E-state index in [1.165, 1.54) is 11.1 Å². The molecule has 1 aromatic heterocycles. The predicted octanol–water partition coefficient (Wildman–Crippen LogP) is 3.43. The molecular formula is C15H14F3N3. The van der Waals surface area contributed by atoms with Crippen molar-refractivity contribution >= 4 is 11.6 Å². The molecule has 3 nitrogen and oxygen atoms in total. The van der Waals surface area contributed by atoms with Crippen molar-refractivity contribution in [1.82, 2.24) is 4.98 Å². The van der Waals surface area contributed by atoms with Crippen LogP contribution in [0.3, 0.4) is 0 Å². The standard InChI is InChI=1S/C15H14F3N3/c16-15(17,18)11-6-13(19)21-14(7-11)20-8-10-5-9-3-1-2-4-12(9)10/h1-4,6-7,10H,5,8H2,(H3,19,20,21). The van der Waals surface area contributed by atoms with Gasteiger partial charge in [0, 0.05) is 12.5 Å². The average Bonchev–Trinajstić information content (AvgIpc) is 2.38. The first kappa shape index (κ1) is 13.7. The lowest BCUT2D eigenvalue weighted by atomic mass is 9.77. The molecule has 0 radical (unpaired) electrons. The van der Waals surface area contributed by atoms with Crippen molar-refractivity contribution in [2.45, 2.75) is 18.5 Å². The highest BCUT2D eigenvalue weighted by molar-refractivity contribution is 5.49. The number of fused-ring (bicyclic) bond motifs is 1. The van der Waals surface area contributed by atoms with E-state index in [1.807, 2.05) is 18.2 Å². The van der Waals surface area contributed by atoms with Gasteiger partial charge in [-0.2, -0.15) is 13.2 Å². The van der Waals surface area contributed by atoms with Crippen LogP contribution in [0, 0.1) is 0 Å². The maximum atomic E-state index is 12.7. The van der Waals surface area contributed by atoms with E-state index < -0.39 is 11.7 Å². The summed E-state index contributed by atoms with van der Waals surface area (Å²) in [7, 11) is 0. The van der Waals surface area contributed by atoms with Crippen molar-refractivity contribution in [3.8, 4) is 0 Å². The van der Waals surface area contributed by atoms with Crippen LogP contribution >= 0.6 is 0 Å². The van der Waals surface area contributed by atoms with Gasteiger partial charge in [0.15, 0.2) is 0 Å². The van der Waals surface area contributed by atoms with E-state index in [0.717, 1.165) is 18.6 Å². The molecule has 1 atom stereocenters. The summed E-state index contributed by atoms with van der Waals surface area (Å²) in [6.45, 7) is 0.546. The van der Waals surface area contributed by atoms with Crippen molar-refractivity contribution in [2.24, 2.45) is 0 Å². The number of hydrogen-bond acceptors (Lipinski definition) is 3. The molecule has 1 unspecified atom stereocenters. The molecule has 1 aliphatic rings. The maximum absolute atomic E-state index is 12.7. The molecule has 1 heterocycles. The summed E-state index contributed by atoms with van der Waals surface area (Å²) >= 11 is 0. The molecule has 6 heteroatoms. The number of rotatable bonds is 3. The molecule has 0 amide bonds. The summed E-state index contributed by atoms with van der Waals surface area (Å²) in [6, 6.07) is 9.87. The highest BCUT2D eigenvalue weighted by atomic mass is 19.4. The van der Waals surface area contributed by atoms with E-state index in [2.05, 4.69) is 16.4 Å². The first-order chi connectivity index (χ1) is 9.93. The van der Waals surface area contributed by atoms with E-state index in [1.54, 1.807) is 0 Å². The fourth-order valence-electron chi connectivity index (χ4n) is 2.58. The minimum Gasteiger partial charge on any atom is -0.384 e. The highest BCUT2D eigenvalue weighted by Crippen LogP contribution is 2.35. The number of alkyl halides is 3. The second-order valence-electron chi connectivity index (χ2n) is 5.14. The first-order valence-corrected chi connectivity index (χ1v) is 6.60. The van der Waals surface area contributed by atoms with E-state index >= 15 is 0 Å². The van der Waals surface area contributed by atoms with Crippen LogP contribution in [0.15, 0.2) is 36.4 Å². The third-order valence-electron chi connectivity index (χ3n) is 3.66. The van der Waals surface area contributed by atoms with Crippen molar-refractivity contribution in [2.75, 3.05) is 17.6 Å². The van der Waals surface area contributed by atoms with E-state index in [9.17, 15) is 13.2 Å². The molecule has 0 spiro atoms. The zero-order valence-electron chi connectivity index (χ0n) is 11.1. The summed E-state index contributed by atoms with van der Waals surface area (Å²) in [5.74, 6) is 0.326. The Labute approximate surface area is 120 Å². The van der Waals surface area contributed by atoms with Crippen LogP contribution in [0.4, 0.5) is 24.8 Å². The van der Waals surface area contributed by atoms with E-state index in [4.69, 9.17) is 5.73 Å². The minimum absolute atomic E-state index is 0.138. The molecule has 0 fully saturated rings. The van der Waals surface area contributed by atoms with Gasteiger partial charge in [0.1, 0.15) is 11.6 Å². The van der Waals surface area contributed by atoms with Gasteiger partial charge in [-0.3, -0.25) is 0 Å². The molecule has 0 saturated carbocycles. The normalized spacial score (nSPS) is 17.0. The quantitative estimate of drug-likeness (QED) is 0.911. The fourth-order valence-corrected chi connectivity index (χ4v) is 2.58. The summed E-state index contributed by atoms with van der Waals surface area (Å²) < 4.78 is 38.1. The first-order valence-electron chi connectivity index (χ1n) is 6.60. The number of aromatic nitrogens is 1. The van der Waals surface area contributed by atoms with E-state index in [-0.39, 0.29) is 11.6 Å². The zero-order valence-corrected chi connectivity index (χ0v) is 11.1. The largest absolute Gasteiger partial charge is 0.416 e. The van der Waals surface area contributed by atoms with Crippen LogP contribution < -0.4 is 11.1 Å². The Morgan fingerprint density at radius 3 is 2.71 bits per heavy atom. The summed E-state index contributed by atoms with van der Waals surface area (Å²) in [5.41, 5.74) is 7.18. The Balaban J connectivity index is 1.71. The van der Waals surface area contributed by atoms with Crippen LogP contribution in [0.5, 0.6) is 0 Å². The molecular weight excluding hydrogens is 279 g/mol. The lowest BCUT2D eigenvalue weighted by Gasteiger charge is -2.30. The third kappa shape index (κ3) is 2.79. The topological polar surface area (TPSA) is 50.9 Å². The van der Waals surface area contributed by atoms with Gasteiger partial charge in [0.05, 0.1) is 5.56 Å². The molecule has 21 heavy (non-hydrogen) atoms. The summed E-state index contributed by atoms with van der Waals surface area (Å²) in [5, 5.41) is 2.95. The average molecular weight is 293 g/mol. The van der Waals surface area contributed by atoms with Crippen molar-refractivity contribution in [1.29, 1.82) is 0 Å². The van der Waals surface area contributed by atoms with E-state index in [0.29, 0.717) is 12.5 Å². The van der Waals surface area contributed by atoms with Gasteiger partial charge in [-0.25, -0.2) is 4.98 Å². The van der Waals surface area contributed by atoms with Crippen LogP contribution in [0.1, 0.15) is 22.6 Å². The second-order valence-corrected chi connectivity index (χ2v) is 5.14. The number of benzene rings is 1. The highest BCUT2D eigenvalue weighted by Gasteiger charge is 2.31. The number of hydrogen-bond donors (Lipinski definition) is 2. The van der Waals surface area contributed by atoms with Crippen LogP contribution in [-0.4, -0.2) is 11.5 Å². The van der Waals surface area contributed by atoms with Crippen molar-refractivity contribution in [3.63, 3.8) is 0 Å². The van der Waals surface area contributed by atoms with Gasteiger partial charge >= 0.3 is 6.18 Å². The third-order valence-corrected chi connectivity index (χ3v) is 3.66. The fraction of sp³-hybridized carbons (Fsp3) is 0.267. The summed E-state index contributed by atoms with van der Waals surface area (Å²) in [4.78, 5) is 3.90. The maximum Gasteiger partial charge on any atom is 0.416 e. The lowest BCUT2D eigenvalue weighted by molar-refractivity contribution is -0.137. The number of nitrogens with zero attached hydrogens (tertiary/aromatic N) is 1. The Morgan fingerprint density at radius 2 is 2.00 bits per heavy atom. The van der Waals surface area contributed by atoms with Gasteiger partial charge < -0.3 is 11.1 Å². The van der Waals surface area contributed by atoms with Crippen molar-refractivity contribution in [3.05, 3.63) is 53.1 Å². The van der Waals surface area contributed by atoms with Crippen LogP contribution in [0.2, 0.25) is 0 Å². The molecule has 3 N–H and O–H groups in total. The Morgan fingerprint density at radius 1 is 1.24 bits per heavy atom. The van der Waals surface area contributed by atoms with Crippen molar-refractivity contribution < 1.29 is 13.2 Å². The van der Waals surface area contributed by atoms with Crippen LogP contribution in [-0.2, 0) is 12.6 Å². The van der Waals surface area contributed by atoms with Crippen LogP contribution in [0.25, 0.3) is 0 Å². The number of nitrogen functional groups attached to an aromatic ring is 1. The molecule has 1 aliphatic carbocycles. The SMILES string of the molecule is Nc1cc(C(F)(F)F)cc(NCC2Cc3ccccc32)n1. The minimum atomic E-state index is -4.42.